The van der Waals surface area contributed by atoms with Crippen LogP contribution in [0, 0.1) is 0 Å². The van der Waals surface area contributed by atoms with Gasteiger partial charge < -0.3 is 10.0 Å². The first-order chi connectivity index (χ1) is 8.31. The Morgan fingerprint density at radius 2 is 1.94 bits per heavy atom. The lowest BCUT2D eigenvalue weighted by molar-refractivity contribution is 0.281. The van der Waals surface area contributed by atoms with Gasteiger partial charge in [0.05, 0.1) is 6.61 Å². The molecule has 17 heavy (non-hydrogen) atoms. The maximum Gasteiger partial charge on any atom is 0.134 e. The van der Waals surface area contributed by atoms with Crippen molar-refractivity contribution in [1.29, 1.82) is 0 Å². The third kappa shape index (κ3) is 2.79. The Balaban J connectivity index is 2.17. The molecule has 0 bridgehead atoms. The number of pyridine rings is 2. The van der Waals surface area contributed by atoms with E-state index in [1.54, 1.807) is 18.6 Å². The summed E-state index contributed by atoms with van der Waals surface area (Å²) in [7, 11) is 1.96. The van der Waals surface area contributed by atoms with E-state index >= 15 is 0 Å². The van der Waals surface area contributed by atoms with Crippen LogP contribution in [0.15, 0.2) is 42.9 Å². The number of hydrogen-bond donors (Lipinski definition) is 1. The minimum Gasteiger partial charge on any atom is -0.392 e. The number of nitrogens with zero attached hydrogens (tertiary/aromatic N) is 3. The molecule has 4 heteroatoms. The topological polar surface area (TPSA) is 49.2 Å². The molecule has 88 valence electrons. The van der Waals surface area contributed by atoms with Gasteiger partial charge in [0, 0.05) is 37.7 Å². The Bertz CT molecular complexity index is 473. The molecule has 0 fully saturated rings. The molecule has 0 radical (unpaired) electrons. The van der Waals surface area contributed by atoms with E-state index in [0.717, 1.165) is 23.5 Å². The van der Waals surface area contributed by atoms with E-state index < -0.39 is 0 Å². The van der Waals surface area contributed by atoms with Gasteiger partial charge >= 0.3 is 0 Å². The van der Waals surface area contributed by atoms with Gasteiger partial charge in [-0.15, -0.1) is 0 Å². The van der Waals surface area contributed by atoms with Crippen molar-refractivity contribution >= 4 is 5.82 Å². The van der Waals surface area contributed by atoms with Crippen molar-refractivity contribution < 1.29 is 5.11 Å². The van der Waals surface area contributed by atoms with Crippen LogP contribution < -0.4 is 4.90 Å². The second-order valence-electron chi connectivity index (χ2n) is 3.86. The number of aliphatic hydroxyl groups is 1. The van der Waals surface area contributed by atoms with E-state index in [1.807, 2.05) is 36.2 Å². The average molecular weight is 229 g/mol. The Kier molecular flexibility index (Phi) is 3.67. The first-order valence-corrected chi connectivity index (χ1v) is 5.46. The first-order valence-electron chi connectivity index (χ1n) is 5.46. The summed E-state index contributed by atoms with van der Waals surface area (Å²) in [5.74, 6) is 0.812. The van der Waals surface area contributed by atoms with Crippen LogP contribution in [0.2, 0.25) is 0 Å². The van der Waals surface area contributed by atoms with E-state index in [9.17, 15) is 5.11 Å². The summed E-state index contributed by atoms with van der Waals surface area (Å²) in [5.41, 5.74) is 2.00. The average Bonchev–Trinajstić information content (AvgIpc) is 2.40. The molecular formula is C13H15N3O. The van der Waals surface area contributed by atoms with Crippen molar-refractivity contribution in [3.05, 3.63) is 54.0 Å². The summed E-state index contributed by atoms with van der Waals surface area (Å²) in [4.78, 5) is 10.3. The maximum absolute atomic E-state index is 9.26. The van der Waals surface area contributed by atoms with Crippen LogP contribution in [-0.4, -0.2) is 22.1 Å². The highest BCUT2D eigenvalue weighted by Crippen LogP contribution is 2.17. The molecule has 2 rings (SSSR count). The van der Waals surface area contributed by atoms with E-state index in [4.69, 9.17) is 0 Å². The molecule has 2 aromatic heterocycles. The summed E-state index contributed by atoms with van der Waals surface area (Å²) in [6.45, 7) is 0.746. The van der Waals surface area contributed by atoms with Gasteiger partial charge in [0.1, 0.15) is 5.82 Å². The highest BCUT2D eigenvalue weighted by Gasteiger charge is 2.07. The molecule has 0 spiro atoms. The largest absolute Gasteiger partial charge is 0.392 e. The molecule has 0 atom stereocenters. The third-order valence-corrected chi connectivity index (χ3v) is 2.57. The molecule has 0 aromatic carbocycles. The van der Waals surface area contributed by atoms with Gasteiger partial charge in [-0.05, 0) is 23.8 Å². The second kappa shape index (κ2) is 5.41. The molecule has 2 aromatic rings. The fraction of sp³-hybridized carbons (Fsp3) is 0.231. The van der Waals surface area contributed by atoms with Crippen molar-refractivity contribution in [1.82, 2.24) is 9.97 Å². The Morgan fingerprint density at radius 1 is 1.18 bits per heavy atom. The predicted octanol–water partition coefficient (Wildman–Crippen LogP) is 1.61. The van der Waals surface area contributed by atoms with Gasteiger partial charge in [-0.1, -0.05) is 6.07 Å². The predicted molar refractivity (Wildman–Crippen MR) is 66.5 cm³/mol. The van der Waals surface area contributed by atoms with Gasteiger partial charge in [-0.25, -0.2) is 4.98 Å². The summed E-state index contributed by atoms with van der Waals surface area (Å²) in [6, 6.07) is 7.65. The zero-order valence-electron chi connectivity index (χ0n) is 9.74. The number of rotatable bonds is 4. The van der Waals surface area contributed by atoms with Crippen LogP contribution in [0.5, 0.6) is 0 Å². The molecule has 0 aliphatic heterocycles. The van der Waals surface area contributed by atoms with Crippen LogP contribution in [0.25, 0.3) is 0 Å². The normalized spacial score (nSPS) is 10.2. The van der Waals surface area contributed by atoms with E-state index in [-0.39, 0.29) is 6.61 Å². The SMILES string of the molecule is CN(Cc1ccncc1)c1ncccc1CO. The molecule has 0 saturated heterocycles. The Labute approximate surface area is 101 Å². The number of aliphatic hydroxyl groups excluding tert-OH is 1. The maximum atomic E-state index is 9.26. The van der Waals surface area contributed by atoms with Gasteiger partial charge in [-0.3, -0.25) is 4.98 Å². The van der Waals surface area contributed by atoms with Gasteiger partial charge in [0.2, 0.25) is 0 Å². The molecule has 1 N–H and O–H groups in total. The van der Waals surface area contributed by atoms with Crippen molar-refractivity contribution in [2.45, 2.75) is 13.2 Å². The molecule has 0 saturated carbocycles. The zero-order chi connectivity index (χ0) is 12.1. The fourth-order valence-corrected chi connectivity index (χ4v) is 1.73. The van der Waals surface area contributed by atoms with Crippen LogP contribution >= 0.6 is 0 Å². The molecule has 2 heterocycles. The number of anilines is 1. The lowest BCUT2D eigenvalue weighted by Crippen LogP contribution is -2.19. The minimum absolute atomic E-state index is 0.00383. The van der Waals surface area contributed by atoms with E-state index in [2.05, 4.69) is 9.97 Å². The minimum atomic E-state index is 0.00383. The van der Waals surface area contributed by atoms with Gasteiger partial charge in [0.15, 0.2) is 0 Å². The van der Waals surface area contributed by atoms with Crippen molar-refractivity contribution in [2.24, 2.45) is 0 Å². The summed E-state index contributed by atoms with van der Waals surface area (Å²) < 4.78 is 0. The summed E-state index contributed by atoms with van der Waals surface area (Å²) in [5, 5.41) is 9.26. The van der Waals surface area contributed by atoms with E-state index in [0.29, 0.717) is 0 Å². The molecule has 0 amide bonds. The lowest BCUT2D eigenvalue weighted by Gasteiger charge is -2.20. The first kappa shape index (κ1) is 11.5. The van der Waals surface area contributed by atoms with E-state index in [1.165, 1.54) is 0 Å². The molecule has 4 nitrogen and oxygen atoms in total. The van der Waals surface area contributed by atoms with Crippen LogP contribution in [-0.2, 0) is 13.2 Å². The smallest absolute Gasteiger partial charge is 0.134 e. The standard InChI is InChI=1S/C13H15N3O/c1-16(9-11-4-7-14-8-5-11)13-12(10-17)3-2-6-15-13/h2-8,17H,9-10H2,1H3. The Morgan fingerprint density at radius 3 is 2.65 bits per heavy atom. The summed E-state index contributed by atoms with van der Waals surface area (Å²) >= 11 is 0. The van der Waals surface area contributed by atoms with Gasteiger partial charge in [-0.2, -0.15) is 0 Å². The molecular weight excluding hydrogens is 214 g/mol. The van der Waals surface area contributed by atoms with Crippen molar-refractivity contribution in [3.63, 3.8) is 0 Å². The second-order valence-corrected chi connectivity index (χ2v) is 3.86. The summed E-state index contributed by atoms with van der Waals surface area (Å²) in [6.07, 6.45) is 5.28. The lowest BCUT2D eigenvalue weighted by atomic mass is 10.2. The van der Waals surface area contributed by atoms with Crippen molar-refractivity contribution in [2.75, 3.05) is 11.9 Å². The Hall–Kier alpha value is -1.94. The van der Waals surface area contributed by atoms with Crippen molar-refractivity contribution in [3.8, 4) is 0 Å². The molecule has 0 aliphatic rings. The van der Waals surface area contributed by atoms with Gasteiger partial charge in [0.25, 0.3) is 0 Å². The molecule has 0 unspecified atom stereocenters. The number of aromatic nitrogens is 2. The quantitative estimate of drug-likeness (QED) is 0.865. The monoisotopic (exact) mass is 229 g/mol. The molecule has 0 aliphatic carbocycles. The highest BCUT2D eigenvalue weighted by atomic mass is 16.3. The zero-order valence-corrected chi connectivity index (χ0v) is 9.74. The fourth-order valence-electron chi connectivity index (χ4n) is 1.73. The third-order valence-electron chi connectivity index (χ3n) is 2.57. The number of hydrogen-bond acceptors (Lipinski definition) is 4. The van der Waals surface area contributed by atoms with Crippen LogP contribution in [0.4, 0.5) is 5.82 Å². The van der Waals surface area contributed by atoms with Crippen LogP contribution in [0.3, 0.4) is 0 Å². The van der Waals surface area contributed by atoms with Crippen LogP contribution in [0.1, 0.15) is 11.1 Å². The highest BCUT2D eigenvalue weighted by molar-refractivity contribution is 5.46.